The van der Waals surface area contributed by atoms with Gasteiger partial charge in [0.05, 0.1) is 0 Å². The van der Waals surface area contributed by atoms with E-state index in [2.05, 4.69) is 68.6 Å². The SMILES string of the molecule is CC(CCC(/C=C\N)=C1/CCCCC1C)CC1Cc2ccccc2C12CCC(C)(Nc1cccc(Cl)c1)CC2. The summed E-state index contributed by atoms with van der Waals surface area (Å²) in [5, 5.41) is 4.66. The zero-order valence-corrected chi connectivity index (χ0v) is 25.2. The van der Waals surface area contributed by atoms with Crippen LogP contribution in [0.2, 0.25) is 5.02 Å². The van der Waals surface area contributed by atoms with E-state index in [1.54, 1.807) is 22.9 Å². The molecule has 0 aromatic heterocycles. The van der Waals surface area contributed by atoms with Crippen LogP contribution in [0.3, 0.4) is 0 Å². The van der Waals surface area contributed by atoms with Crippen LogP contribution in [0.4, 0.5) is 5.69 Å². The topological polar surface area (TPSA) is 38.0 Å². The molecule has 210 valence electrons. The minimum Gasteiger partial charge on any atom is -0.405 e. The van der Waals surface area contributed by atoms with E-state index in [4.69, 9.17) is 17.3 Å². The molecule has 2 aromatic rings. The summed E-state index contributed by atoms with van der Waals surface area (Å²) in [5.41, 5.74) is 13.9. The molecule has 0 bridgehead atoms. The molecule has 0 radical (unpaired) electrons. The van der Waals surface area contributed by atoms with Crippen LogP contribution in [0.25, 0.3) is 0 Å². The summed E-state index contributed by atoms with van der Waals surface area (Å²) in [4.78, 5) is 0. The van der Waals surface area contributed by atoms with Crippen molar-refractivity contribution in [3.8, 4) is 0 Å². The minimum atomic E-state index is 0.107. The molecule has 0 aliphatic heterocycles. The lowest BCUT2D eigenvalue weighted by Crippen LogP contribution is -2.46. The molecule has 3 aliphatic rings. The molecule has 39 heavy (non-hydrogen) atoms. The fourth-order valence-electron chi connectivity index (χ4n) is 8.28. The van der Waals surface area contributed by atoms with E-state index in [9.17, 15) is 0 Å². The van der Waals surface area contributed by atoms with Gasteiger partial charge in [0.25, 0.3) is 0 Å². The van der Waals surface area contributed by atoms with Gasteiger partial charge in [0.15, 0.2) is 0 Å². The van der Waals surface area contributed by atoms with Gasteiger partial charge >= 0.3 is 0 Å². The largest absolute Gasteiger partial charge is 0.405 e. The van der Waals surface area contributed by atoms with Crippen molar-refractivity contribution in [3.63, 3.8) is 0 Å². The van der Waals surface area contributed by atoms with Crippen LogP contribution in [0.5, 0.6) is 0 Å². The second-order valence-electron chi connectivity index (χ2n) is 13.3. The zero-order valence-electron chi connectivity index (χ0n) is 24.4. The first kappa shape index (κ1) is 28.3. The van der Waals surface area contributed by atoms with Crippen LogP contribution in [0.15, 0.2) is 72.0 Å². The van der Waals surface area contributed by atoms with Crippen molar-refractivity contribution in [2.45, 2.75) is 109 Å². The van der Waals surface area contributed by atoms with Crippen LogP contribution < -0.4 is 11.1 Å². The van der Waals surface area contributed by atoms with Gasteiger partial charge in [-0.05, 0) is 148 Å². The molecule has 0 heterocycles. The van der Waals surface area contributed by atoms with Gasteiger partial charge in [-0.1, -0.05) is 67.8 Å². The number of fused-ring (bicyclic) bond motifs is 2. The molecule has 0 amide bonds. The third kappa shape index (κ3) is 6.27. The van der Waals surface area contributed by atoms with Crippen molar-refractivity contribution in [2.75, 3.05) is 5.32 Å². The number of allylic oxidation sites excluding steroid dienone is 3. The second kappa shape index (κ2) is 12.1. The third-order valence-electron chi connectivity index (χ3n) is 10.5. The van der Waals surface area contributed by atoms with Crippen LogP contribution in [-0.2, 0) is 11.8 Å². The highest BCUT2D eigenvalue weighted by molar-refractivity contribution is 6.30. The Labute approximate surface area is 242 Å². The molecule has 5 rings (SSSR count). The summed E-state index contributed by atoms with van der Waals surface area (Å²) in [5.74, 6) is 2.15. The Hall–Kier alpha value is -2.19. The summed E-state index contributed by atoms with van der Waals surface area (Å²) in [7, 11) is 0. The van der Waals surface area contributed by atoms with Crippen LogP contribution in [0.1, 0.15) is 103 Å². The molecule has 3 aliphatic carbocycles. The molecule has 2 aromatic carbocycles. The first-order valence-corrected chi connectivity index (χ1v) is 15.9. The van der Waals surface area contributed by atoms with E-state index < -0.39 is 0 Å². The summed E-state index contributed by atoms with van der Waals surface area (Å²) in [6, 6.07) is 17.6. The fourth-order valence-corrected chi connectivity index (χ4v) is 8.47. The van der Waals surface area contributed by atoms with Gasteiger partial charge in [0.1, 0.15) is 0 Å². The molecule has 3 heteroatoms. The lowest BCUT2D eigenvalue weighted by atomic mass is 9.60. The number of anilines is 1. The molecule has 2 fully saturated rings. The predicted octanol–water partition coefficient (Wildman–Crippen LogP) is 9.98. The number of halogens is 1. The van der Waals surface area contributed by atoms with Crippen molar-refractivity contribution in [2.24, 2.45) is 23.5 Å². The Balaban J connectivity index is 1.28. The molecular formula is C36H49ClN2. The fraction of sp³-hybridized carbons (Fsp3) is 0.556. The normalized spacial score (nSPS) is 30.9. The summed E-state index contributed by atoms with van der Waals surface area (Å²) < 4.78 is 0. The van der Waals surface area contributed by atoms with Crippen molar-refractivity contribution >= 4 is 17.3 Å². The van der Waals surface area contributed by atoms with Crippen molar-refractivity contribution in [3.05, 3.63) is 88.1 Å². The van der Waals surface area contributed by atoms with E-state index in [-0.39, 0.29) is 5.54 Å². The van der Waals surface area contributed by atoms with Gasteiger partial charge in [-0.25, -0.2) is 0 Å². The van der Waals surface area contributed by atoms with Crippen molar-refractivity contribution in [1.82, 2.24) is 0 Å². The van der Waals surface area contributed by atoms with Gasteiger partial charge in [0.2, 0.25) is 0 Å². The molecule has 3 unspecified atom stereocenters. The summed E-state index contributed by atoms with van der Waals surface area (Å²) >= 11 is 6.29. The average Bonchev–Trinajstić information content (AvgIpc) is 3.21. The molecule has 2 saturated carbocycles. The second-order valence-corrected chi connectivity index (χ2v) is 13.8. The Bertz CT molecular complexity index is 1190. The minimum absolute atomic E-state index is 0.107. The van der Waals surface area contributed by atoms with E-state index in [1.165, 1.54) is 82.6 Å². The number of nitrogens with one attached hydrogen (secondary N) is 1. The molecule has 3 atom stereocenters. The highest BCUT2D eigenvalue weighted by Gasteiger charge is 2.50. The Morgan fingerprint density at radius 2 is 1.90 bits per heavy atom. The number of rotatable bonds is 8. The first-order chi connectivity index (χ1) is 18.8. The van der Waals surface area contributed by atoms with Crippen LogP contribution >= 0.6 is 11.6 Å². The molecule has 0 saturated heterocycles. The maximum absolute atomic E-state index is 6.29. The summed E-state index contributed by atoms with van der Waals surface area (Å²) in [6.07, 6.45) is 19.2. The smallest absolute Gasteiger partial charge is 0.0426 e. The standard InChI is InChI=1S/C36H49ClN2/c1-26(15-16-28(17-22-38)33-13-6-4-9-27(33)2)23-30-24-29-10-5-7-14-34(29)36(30)20-18-35(3,19-21-36)39-32-12-8-11-31(37)25-32/h5,7-8,10-12,14,17,22,25-27,30,39H,4,6,9,13,15-16,18-21,23-24,38H2,1-3H3/b22-17-,33-28+. The van der Waals surface area contributed by atoms with Gasteiger partial charge in [0, 0.05) is 16.2 Å². The Morgan fingerprint density at radius 3 is 2.64 bits per heavy atom. The molecule has 1 spiro atoms. The average molecular weight is 545 g/mol. The molecular weight excluding hydrogens is 496 g/mol. The van der Waals surface area contributed by atoms with Crippen molar-refractivity contribution in [1.29, 1.82) is 0 Å². The number of benzene rings is 2. The maximum atomic E-state index is 6.29. The molecule has 2 nitrogen and oxygen atoms in total. The van der Waals surface area contributed by atoms with Gasteiger partial charge in [-0.15, -0.1) is 0 Å². The van der Waals surface area contributed by atoms with E-state index in [0.29, 0.717) is 17.3 Å². The highest BCUT2D eigenvalue weighted by atomic mass is 35.5. The Morgan fingerprint density at radius 1 is 1.10 bits per heavy atom. The van der Waals surface area contributed by atoms with Crippen LogP contribution in [-0.4, -0.2) is 5.54 Å². The van der Waals surface area contributed by atoms with Crippen molar-refractivity contribution < 1.29 is 0 Å². The monoisotopic (exact) mass is 544 g/mol. The van der Waals surface area contributed by atoms with Crippen LogP contribution in [0, 0.1) is 17.8 Å². The van der Waals surface area contributed by atoms with Gasteiger partial charge in [-0.2, -0.15) is 0 Å². The lowest BCUT2D eigenvalue weighted by Gasteiger charge is -2.48. The van der Waals surface area contributed by atoms with E-state index in [0.717, 1.165) is 16.6 Å². The number of hydrogen-bond acceptors (Lipinski definition) is 2. The molecule has 3 N–H and O–H groups in total. The Kier molecular flexibility index (Phi) is 8.82. The maximum Gasteiger partial charge on any atom is 0.0426 e. The number of nitrogens with two attached hydrogens (primary N) is 1. The number of hydrogen-bond donors (Lipinski definition) is 2. The lowest BCUT2D eigenvalue weighted by molar-refractivity contribution is 0.148. The van der Waals surface area contributed by atoms with Gasteiger partial charge in [-0.3, -0.25) is 0 Å². The van der Waals surface area contributed by atoms with Gasteiger partial charge < -0.3 is 11.1 Å². The third-order valence-corrected chi connectivity index (χ3v) is 10.8. The predicted molar refractivity (Wildman–Crippen MR) is 168 cm³/mol. The summed E-state index contributed by atoms with van der Waals surface area (Å²) in [6.45, 7) is 7.33. The first-order valence-electron chi connectivity index (χ1n) is 15.5. The van der Waals surface area contributed by atoms with E-state index in [1.807, 2.05) is 12.1 Å². The zero-order chi connectivity index (χ0) is 27.5. The highest BCUT2D eigenvalue weighted by Crippen LogP contribution is 2.56. The van der Waals surface area contributed by atoms with E-state index >= 15 is 0 Å². The quantitative estimate of drug-likeness (QED) is 0.347.